The predicted molar refractivity (Wildman–Crippen MR) is 119 cm³/mol. The van der Waals surface area contributed by atoms with E-state index in [1.807, 2.05) is 17.5 Å². The third kappa shape index (κ3) is 5.20. The van der Waals surface area contributed by atoms with Crippen LogP contribution in [0.4, 0.5) is 5.69 Å². The van der Waals surface area contributed by atoms with E-state index < -0.39 is 0 Å². The summed E-state index contributed by atoms with van der Waals surface area (Å²) >= 11 is 8.89. The Hall–Kier alpha value is -2.29. The van der Waals surface area contributed by atoms with Crippen molar-refractivity contribution in [3.05, 3.63) is 51.3 Å². The molecule has 1 aromatic heterocycles. The Morgan fingerprint density at radius 3 is 2.79 bits per heavy atom. The van der Waals surface area contributed by atoms with Crippen molar-refractivity contribution in [2.45, 2.75) is 20.0 Å². The molecule has 0 fully saturated rings. The highest BCUT2D eigenvalue weighted by atomic mass is 35.5. The lowest BCUT2D eigenvalue weighted by Crippen LogP contribution is -2.31. The number of nitrogens with zero attached hydrogens (tertiary/aromatic N) is 2. The number of ether oxygens (including phenoxy) is 2. The van der Waals surface area contributed by atoms with Gasteiger partial charge in [-0.25, -0.2) is 4.99 Å². The van der Waals surface area contributed by atoms with Crippen LogP contribution in [0.15, 0.2) is 46.4 Å². The normalized spacial score (nSPS) is 15.2. The van der Waals surface area contributed by atoms with Gasteiger partial charge in [-0.1, -0.05) is 29.4 Å². The number of hydrogen-bond donors (Lipinski definition) is 0. The maximum absolute atomic E-state index is 13.1. The zero-order valence-corrected chi connectivity index (χ0v) is 18.4. The van der Waals surface area contributed by atoms with Crippen molar-refractivity contribution in [1.29, 1.82) is 0 Å². The van der Waals surface area contributed by atoms with Crippen LogP contribution in [0.1, 0.15) is 18.7 Å². The third-order valence-corrected chi connectivity index (χ3v) is 5.76. The van der Waals surface area contributed by atoms with Crippen molar-refractivity contribution in [3.8, 4) is 5.75 Å². The van der Waals surface area contributed by atoms with E-state index >= 15 is 0 Å². The summed E-state index contributed by atoms with van der Waals surface area (Å²) in [6.45, 7) is 3.57. The van der Waals surface area contributed by atoms with Crippen LogP contribution in [-0.4, -0.2) is 36.0 Å². The topological polar surface area (TPSA) is 68.2 Å². The highest BCUT2D eigenvalue weighted by molar-refractivity contribution is 8.14. The number of carbonyl (C=O) groups is 2. The second kappa shape index (κ2) is 9.47. The average molecular weight is 451 g/mol. The van der Waals surface area contributed by atoms with Crippen molar-refractivity contribution in [2.24, 2.45) is 4.99 Å². The number of amides is 1. The number of carbonyl (C=O) groups excluding carboxylic acids is 2. The molecule has 9 heteroatoms. The molecule has 6 nitrogen and oxygen atoms in total. The Labute approximate surface area is 182 Å². The first-order chi connectivity index (χ1) is 13.9. The predicted octanol–water partition coefficient (Wildman–Crippen LogP) is 4.84. The summed E-state index contributed by atoms with van der Waals surface area (Å²) < 4.78 is 10.4. The van der Waals surface area contributed by atoms with Crippen LogP contribution in [0.5, 0.6) is 5.75 Å². The van der Waals surface area contributed by atoms with Gasteiger partial charge in [-0.2, -0.15) is 0 Å². The summed E-state index contributed by atoms with van der Waals surface area (Å²) in [4.78, 5) is 31.9. The molecule has 1 aliphatic heterocycles. The molecular formula is C20H19ClN2O4S2. The fraction of sp³-hybridized carbons (Fsp3) is 0.250. The van der Waals surface area contributed by atoms with Gasteiger partial charge in [0.25, 0.3) is 5.91 Å². The second-order valence-electron chi connectivity index (χ2n) is 6.23. The highest BCUT2D eigenvalue weighted by Crippen LogP contribution is 2.34. The molecule has 2 aromatic rings. The minimum atomic E-state index is -0.372. The molecule has 1 aliphatic rings. The Kier molecular flexibility index (Phi) is 7.00. The number of thiophene rings is 1. The Bertz CT molecular complexity index is 971. The van der Waals surface area contributed by atoms with Crippen molar-refractivity contribution in [3.63, 3.8) is 0 Å². The first kappa shape index (κ1) is 21.4. The lowest BCUT2D eigenvalue weighted by Gasteiger charge is -2.18. The van der Waals surface area contributed by atoms with Gasteiger partial charge in [-0.15, -0.1) is 11.3 Å². The smallest absolute Gasteiger partial charge is 0.316 e. The average Bonchev–Trinajstić information content (AvgIpc) is 3.28. The van der Waals surface area contributed by atoms with Crippen LogP contribution in [0.3, 0.4) is 0 Å². The number of esters is 1. The zero-order valence-electron chi connectivity index (χ0n) is 16.0. The molecule has 29 heavy (non-hydrogen) atoms. The molecule has 1 amide bonds. The molecule has 1 aromatic carbocycles. The van der Waals surface area contributed by atoms with Crippen LogP contribution in [0.25, 0.3) is 6.08 Å². The van der Waals surface area contributed by atoms with E-state index in [2.05, 4.69) is 4.99 Å². The summed E-state index contributed by atoms with van der Waals surface area (Å²) in [7, 11) is 1.52. The summed E-state index contributed by atoms with van der Waals surface area (Å²) in [6.07, 6.45) is 1.52. The SMILES string of the molecule is COc1ccc(N2C(=O)/C(=C\c3cccs3)N=C2SCC(=O)OC(C)C)cc1Cl. The van der Waals surface area contributed by atoms with Gasteiger partial charge in [0.1, 0.15) is 11.4 Å². The van der Waals surface area contributed by atoms with Crippen LogP contribution >= 0.6 is 34.7 Å². The quantitative estimate of drug-likeness (QED) is 0.465. The first-order valence-corrected chi connectivity index (χ1v) is 11.0. The van der Waals surface area contributed by atoms with Gasteiger partial charge in [0.05, 0.1) is 29.7 Å². The van der Waals surface area contributed by atoms with Crippen LogP contribution in [-0.2, 0) is 14.3 Å². The Morgan fingerprint density at radius 1 is 1.38 bits per heavy atom. The fourth-order valence-electron chi connectivity index (χ4n) is 2.54. The second-order valence-corrected chi connectivity index (χ2v) is 8.56. The molecule has 0 spiro atoms. The van der Waals surface area contributed by atoms with Crippen LogP contribution < -0.4 is 9.64 Å². The van der Waals surface area contributed by atoms with E-state index in [-0.39, 0.29) is 23.7 Å². The van der Waals surface area contributed by atoms with Crippen molar-refractivity contribution < 1.29 is 19.1 Å². The van der Waals surface area contributed by atoms with Gasteiger partial charge < -0.3 is 9.47 Å². The molecule has 0 radical (unpaired) electrons. The van der Waals surface area contributed by atoms with Crippen molar-refractivity contribution in [2.75, 3.05) is 17.8 Å². The number of anilines is 1. The molecule has 0 saturated carbocycles. The van der Waals surface area contributed by atoms with Gasteiger partial charge in [0.15, 0.2) is 5.17 Å². The summed E-state index contributed by atoms with van der Waals surface area (Å²) in [5, 5.41) is 2.69. The number of benzene rings is 1. The van der Waals surface area contributed by atoms with Crippen LogP contribution in [0, 0.1) is 0 Å². The summed E-state index contributed by atoms with van der Waals surface area (Å²) in [6, 6.07) is 8.84. The molecule has 0 unspecified atom stereocenters. The van der Waals surface area contributed by atoms with E-state index in [9.17, 15) is 9.59 Å². The standard InChI is InChI=1S/C20H19ClN2O4S2/c1-12(2)27-18(24)11-29-20-22-16(10-14-5-4-8-28-14)19(25)23(20)13-6-7-17(26-3)15(21)9-13/h4-10,12H,11H2,1-3H3/b16-10+. The lowest BCUT2D eigenvalue weighted by atomic mass is 10.2. The maximum Gasteiger partial charge on any atom is 0.316 e. The highest BCUT2D eigenvalue weighted by Gasteiger charge is 2.33. The Balaban J connectivity index is 1.91. The molecule has 2 heterocycles. The van der Waals surface area contributed by atoms with Crippen molar-refractivity contribution in [1.82, 2.24) is 0 Å². The minimum Gasteiger partial charge on any atom is -0.495 e. The number of amidine groups is 1. The number of thioether (sulfide) groups is 1. The number of hydrogen-bond acceptors (Lipinski definition) is 7. The van der Waals surface area contributed by atoms with Gasteiger partial charge in [0.2, 0.25) is 0 Å². The van der Waals surface area contributed by atoms with E-state index in [0.717, 1.165) is 16.6 Å². The number of halogens is 1. The Morgan fingerprint density at radius 2 is 2.17 bits per heavy atom. The number of methoxy groups -OCH3 is 1. The monoisotopic (exact) mass is 450 g/mol. The van der Waals surface area contributed by atoms with E-state index in [1.165, 1.54) is 23.3 Å². The molecule has 0 bridgehead atoms. The van der Waals surface area contributed by atoms with Gasteiger partial charge in [0, 0.05) is 4.88 Å². The van der Waals surface area contributed by atoms with E-state index in [4.69, 9.17) is 21.1 Å². The number of aliphatic imine (C=N–C) groups is 1. The van der Waals surface area contributed by atoms with Gasteiger partial charge in [-0.3, -0.25) is 14.5 Å². The molecule has 0 aliphatic carbocycles. The first-order valence-electron chi connectivity index (χ1n) is 8.73. The van der Waals surface area contributed by atoms with E-state index in [0.29, 0.717) is 27.3 Å². The lowest BCUT2D eigenvalue weighted by molar-refractivity contribution is -0.144. The number of rotatable bonds is 6. The summed E-state index contributed by atoms with van der Waals surface area (Å²) in [5.74, 6) is -0.122. The molecule has 0 N–H and O–H groups in total. The third-order valence-electron chi connectivity index (χ3n) is 3.73. The zero-order chi connectivity index (χ0) is 21.0. The minimum absolute atomic E-state index is 0.0387. The van der Waals surface area contributed by atoms with Gasteiger partial charge >= 0.3 is 5.97 Å². The molecular weight excluding hydrogens is 432 g/mol. The fourth-order valence-corrected chi connectivity index (χ4v) is 4.24. The maximum atomic E-state index is 13.1. The molecule has 0 atom stereocenters. The summed E-state index contributed by atoms with van der Waals surface area (Å²) in [5.41, 5.74) is 0.831. The van der Waals surface area contributed by atoms with E-state index in [1.54, 1.807) is 38.1 Å². The molecule has 3 rings (SSSR count). The largest absolute Gasteiger partial charge is 0.495 e. The van der Waals surface area contributed by atoms with Gasteiger partial charge in [-0.05, 0) is 49.6 Å². The molecule has 152 valence electrons. The van der Waals surface area contributed by atoms with Crippen LogP contribution in [0.2, 0.25) is 5.02 Å². The molecule has 0 saturated heterocycles. The van der Waals surface area contributed by atoms with Crippen molar-refractivity contribution >= 4 is 63.5 Å².